The number of aryl methyl sites for hydroxylation is 1. The molecule has 1 aromatic carbocycles. The van der Waals surface area contributed by atoms with Crippen LogP contribution in [0.15, 0.2) is 18.2 Å². The van der Waals surface area contributed by atoms with Crippen LogP contribution in [-0.2, 0) is 11.8 Å². The van der Waals surface area contributed by atoms with Crippen molar-refractivity contribution in [1.82, 2.24) is 5.32 Å². The van der Waals surface area contributed by atoms with Crippen molar-refractivity contribution in [3.63, 3.8) is 0 Å². The van der Waals surface area contributed by atoms with Crippen molar-refractivity contribution >= 4 is 0 Å². The third kappa shape index (κ3) is 2.83. The van der Waals surface area contributed by atoms with E-state index in [-0.39, 0.29) is 11.2 Å². The number of hydrogen-bond acceptors (Lipinski definition) is 2. The lowest BCUT2D eigenvalue weighted by Gasteiger charge is -2.49. The minimum absolute atomic E-state index is 0.0362. The van der Waals surface area contributed by atoms with Crippen molar-refractivity contribution in [2.24, 2.45) is 5.92 Å². The highest BCUT2D eigenvalue weighted by molar-refractivity contribution is 5.44. The van der Waals surface area contributed by atoms with E-state index in [2.05, 4.69) is 10.1 Å². The van der Waals surface area contributed by atoms with Crippen molar-refractivity contribution < 1.29 is 17.9 Å². The highest BCUT2D eigenvalue weighted by Gasteiger charge is 2.45. The van der Waals surface area contributed by atoms with Gasteiger partial charge >= 0.3 is 6.36 Å². The van der Waals surface area contributed by atoms with Gasteiger partial charge in [-0.25, -0.2) is 0 Å². The summed E-state index contributed by atoms with van der Waals surface area (Å²) in [5.41, 5.74) is 2.22. The first-order valence-corrected chi connectivity index (χ1v) is 7.98. The average molecular weight is 313 g/mol. The highest BCUT2D eigenvalue weighted by Crippen LogP contribution is 2.50. The Bertz CT molecular complexity index is 539. The Morgan fingerprint density at radius 2 is 2.09 bits per heavy atom. The van der Waals surface area contributed by atoms with Gasteiger partial charge in [0, 0.05) is 12.0 Å². The van der Waals surface area contributed by atoms with E-state index in [9.17, 15) is 13.2 Å². The van der Waals surface area contributed by atoms with Crippen LogP contribution in [-0.4, -0.2) is 20.0 Å². The van der Waals surface area contributed by atoms with Gasteiger partial charge in [0.25, 0.3) is 0 Å². The third-order valence-electron chi connectivity index (χ3n) is 5.31. The van der Waals surface area contributed by atoms with E-state index in [0.29, 0.717) is 5.92 Å². The molecular weight excluding hydrogens is 291 g/mol. The molecule has 2 nitrogen and oxygen atoms in total. The fourth-order valence-corrected chi connectivity index (χ4v) is 4.49. The monoisotopic (exact) mass is 313 g/mol. The lowest BCUT2D eigenvalue weighted by atomic mass is 9.57. The van der Waals surface area contributed by atoms with Gasteiger partial charge in [-0.05, 0) is 61.9 Å². The van der Waals surface area contributed by atoms with Gasteiger partial charge in [0.05, 0.1) is 0 Å². The molecule has 0 bridgehead atoms. The van der Waals surface area contributed by atoms with E-state index in [1.165, 1.54) is 24.5 Å². The molecule has 0 aromatic heterocycles. The van der Waals surface area contributed by atoms with Gasteiger partial charge in [-0.15, -0.1) is 13.2 Å². The summed E-state index contributed by atoms with van der Waals surface area (Å²) >= 11 is 0. The minimum atomic E-state index is -4.63. The molecule has 1 unspecified atom stereocenters. The number of alkyl halides is 3. The fourth-order valence-electron chi connectivity index (χ4n) is 4.49. The summed E-state index contributed by atoms with van der Waals surface area (Å²) in [5, 5.41) is 3.27. The van der Waals surface area contributed by atoms with E-state index in [1.54, 1.807) is 6.07 Å². The molecule has 1 saturated carbocycles. The van der Waals surface area contributed by atoms with Crippen molar-refractivity contribution in [3.05, 3.63) is 29.3 Å². The maximum absolute atomic E-state index is 12.5. The molecule has 2 aliphatic rings. The molecule has 0 aliphatic heterocycles. The fraction of sp³-hybridized carbons (Fsp3) is 0.647. The Kier molecular flexibility index (Phi) is 4.10. The number of benzene rings is 1. The molecule has 1 aromatic rings. The van der Waals surface area contributed by atoms with Crippen LogP contribution in [0.5, 0.6) is 5.75 Å². The maximum atomic E-state index is 12.5. The average Bonchev–Trinajstić information content (AvgIpc) is 2.46. The lowest BCUT2D eigenvalue weighted by molar-refractivity contribution is -0.274. The molecule has 1 N–H and O–H groups in total. The topological polar surface area (TPSA) is 21.3 Å². The zero-order valence-corrected chi connectivity index (χ0v) is 12.8. The third-order valence-corrected chi connectivity index (χ3v) is 5.31. The van der Waals surface area contributed by atoms with E-state index < -0.39 is 6.36 Å². The van der Waals surface area contributed by atoms with Crippen LogP contribution < -0.4 is 10.1 Å². The summed E-state index contributed by atoms with van der Waals surface area (Å²) in [6, 6.07) is 4.90. The van der Waals surface area contributed by atoms with Gasteiger partial charge in [-0.3, -0.25) is 0 Å². The number of halogens is 3. The SMILES string of the molecule is CNC[C@@]12CCCCC1CCc1ccc(OC(F)(F)F)cc12. The van der Waals surface area contributed by atoms with Crippen LogP contribution >= 0.6 is 0 Å². The van der Waals surface area contributed by atoms with Crippen LogP contribution in [0.4, 0.5) is 13.2 Å². The number of likely N-dealkylation sites (N-methyl/N-ethyl adjacent to an activating group) is 1. The summed E-state index contributed by atoms with van der Waals surface area (Å²) in [7, 11) is 1.92. The number of rotatable bonds is 3. The van der Waals surface area contributed by atoms with E-state index in [0.717, 1.165) is 37.8 Å². The summed E-state index contributed by atoms with van der Waals surface area (Å²) in [5.74, 6) is 0.468. The molecule has 22 heavy (non-hydrogen) atoms. The van der Waals surface area contributed by atoms with Gasteiger partial charge in [-0.2, -0.15) is 0 Å². The Morgan fingerprint density at radius 3 is 2.82 bits per heavy atom. The first-order chi connectivity index (χ1) is 10.4. The van der Waals surface area contributed by atoms with Gasteiger partial charge in [0.15, 0.2) is 0 Å². The molecule has 122 valence electrons. The predicted octanol–water partition coefficient (Wildman–Crippen LogP) is 4.18. The number of fused-ring (bicyclic) bond motifs is 3. The molecule has 0 saturated heterocycles. The van der Waals surface area contributed by atoms with Crippen molar-refractivity contribution in [2.75, 3.05) is 13.6 Å². The summed E-state index contributed by atoms with van der Waals surface area (Å²) in [6.07, 6.45) is 2.04. The standard InChI is InChI=1S/C17H22F3NO/c1-21-11-16-9-3-2-4-13(16)7-5-12-6-8-14(10-15(12)16)22-17(18,19)20/h6,8,10,13,21H,2-5,7,9,11H2,1H3/t13?,16-/m0/s1. The molecule has 2 atom stereocenters. The Morgan fingerprint density at radius 1 is 1.27 bits per heavy atom. The van der Waals surface area contributed by atoms with Gasteiger partial charge in [0.2, 0.25) is 0 Å². The molecule has 0 radical (unpaired) electrons. The first-order valence-electron chi connectivity index (χ1n) is 7.98. The van der Waals surface area contributed by atoms with E-state index >= 15 is 0 Å². The summed E-state index contributed by atoms with van der Waals surface area (Å²) < 4.78 is 41.7. The van der Waals surface area contributed by atoms with Crippen molar-refractivity contribution in [1.29, 1.82) is 0 Å². The van der Waals surface area contributed by atoms with Crippen molar-refractivity contribution in [3.8, 4) is 5.75 Å². The van der Waals surface area contributed by atoms with Crippen LogP contribution in [0.3, 0.4) is 0 Å². The quantitative estimate of drug-likeness (QED) is 0.904. The molecule has 3 rings (SSSR count). The molecule has 1 fully saturated rings. The molecule has 0 amide bonds. The number of hydrogen-bond donors (Lipinski definition) is 1. The smallest absolute Gasteiger partial charge is 0.406 e. The highest BCUT2D eigenvalue weighted by atomic mass is 19.4. The lowest BCUT2D eigenvalue weighted by Crippen LogP contribution is -2.48. The zero-order chi connectivity index (χ0) is 15.8. The van der Waals surface area contributed by atoms with E-state index in [1.807, 2.05) is 13.1 Å². The molecular formula is C17H22F3NO. The van der Waals surface area contributed by atoms with Crippen LogP contribution in [0.25, 0.3) is 0 Å². The molecule has 5 heteroatoms. The normalized spacial score (nSPS) is 27.9. The molecule has 2 aliphatic carbocycles. The Labute approximate surface area is 129 Å². The van der Waals surface area contributed by atoms with E-state index in [4.69, 9.17) is 0 Å². The second kappa shape index (κ2) is 5.76. The maximum Gasteiger partial charge on any atom is 0.573 e. The minimum Gasteiger partial charge on any atom is -0.406 e. The van der Waals surface area contributed by atoms with Crippen molar-refractivity contribution in [2.45, 2.75) is 50.3 Å². The van der Waals surface area contributed by atoms with Crippen LogP contribution in [0.1, 0.15) is 43.2 Å². The summed E-state index contributed by atoms with van der Waals surface area (Å²) in [4.78, 5) is 0. The van der Waals surface area contributed by atoms with Gasteiger partial charge in [0.1, 0.15) is 5.75 Å². The number of nitrogens with one attached hydrogen (secondary N) is 1. The van der Waals surface area contributed by atoms with Crippen LogP contribution in [0, 0.1) is 5.92 Å². The summed E-state index contributed by atoms with van der Waals surface area (Å²) in [6.45, 7) is 0.820. The predicted molar refractivity (Wildman–Crippen MR) is 79.0 cm³/mol. The zero-order valence-electron chi connectivity index (χ0n) is 12.8. The largest absolute Gasteiger partial charge is 0.573 e. The second-order valence-corrected chi connectivity index (χ2v) is 6.53. The van der Waals surface area contributed by atoms with Gasteiger partial charge < -0.3 is 10.1 Å². The first kappa shape index (κ1) is 15.7. The van der Waals surface area contributed by atoms with Crippen LogP contribution in [0.2, 0.25) is 0 Å². The van der Waals surface area contributed by atoms with Gasteiger partial charge in [-0.1, -0.05) is 18.9 Å². The molecule has 0 spiro atoms. The Hall–Kier alpha value is -1.23. The number of ether oxygens (including phenoxy) is 1. The second-order valence-electron chi connectivity index (χ2n) is 6.53. The Balaban J connectivity index is 2.02. The molecule has 0 heterocycles.